The minimum absolute atomic E-state index is 0.492. The molecule has 2 N–H and O–H groups in total. The molecule has 0 aromatic heterocycles. The van der Waals surface area contributed by atoms with Crippen LogP contribution in [0.5, 0.6) is 0 Å². The Balaban J connectivity index is 2.92. The zero-order chi connectivity index (χ0) is 11.4. The molecule has 15 heavy (non-hydrogen) atoms. The summed E-state index contributed by atoms with van der Waals surface area (Å²) < 4.78 is 0. The highest BCUT2D eigenvalue weighted by Crippen LogP contribution is 2.24. The van der Waals surface area contributed by atoms with Gasteiger partial charge in [0, 0.05) is 30.3 Å². The maximum absolute atomic E-state index is 6.11. The van der Waals surface area contributed by atoms with Gasteiger partial charge in [-0.15, -0.1) is 0 Å². The lowest BCUT2D eigenvalue weighted by atomic mass is 10.1. The number of hydrogen-bond donors (Lipinski definition) is 1. The number of halogens is 1. The van der Waals surface area contributed by atoms with Crippen molar-refractivity contribution in [2.24, 2.45) is 5.73 Å². The SMILES string of the molecule is CCC(C)N(C)c1ccc(CN)c(Cl)c1. The zero-order valence-corrected chi connectivity index (χ0v) is 10.4. The minimum Gasteiger partial charge on any atom is -0.372 e. The average molecular weight is 227 g/mol. The van der Waals surface area contributed by atoms with E-state index in [4.69, 9.17) is 17.3 Å². The molecule has 0 aliphatic heterocycles. The number of anilines is 1. The number of benzene rings is 1. The second-order valence-corrected chi connectivity index (χ2v) is 4.26. The van der Waals surface area contributed by atoms with Crippen LogP contribution in [0.2, 0.25) is 5.02 Å². The summed E-state index contributed by atoms with van der Waals surface area (Å²) in [6, 6.07) is 6.57. The Morgan fingerprint density at radius 2 is 2.13 bits per heavy atom. The average Bonchev–Trinajstić information content (AvgIpc) is 2.26. The van der Waals surface area contributed by atoms with E-state index >= 15 is 0 Å². The van der Waals surface area contributed by atoms with Gasteiger partial charge in [0.2, 0.25) is 0 Å². The van der Waals surface area contributed by atoms with E-state index < -0.39 is 0 Å². The number of nitrogens with two attached hydrogens (primary N) is 1. The fourth-order valence-corrected chi connectivity index (χ4v) is 1.70. The molecule has 0 radical (unpaired) electrons. The van der Waals surface area contributed by atoms with Crippen molar-refractivity contribution in [1.29, 1.82) is 0 Å². The van der Waals surface area contributed by atoms with E-state index in [2.05, 4.69) is 31.9 Å². The molecule has 1 unspecified atom stereocenters. The first-order valence-electron chi connectivity index (χ1n) is 5.31. The van der Waals surface area contributed by atoms with E-state index in [-0.39, 0.29) is 0 Å². The molecule has 84 valence electrons. The maximum atomic E-state index is 6.11. The van der Waals surface area contributed by atoms with Crippen LogP contribution in [-0.4, -0.2) is 13.1 Å². The standard InChI is InChI=1S/C12H19ClN2/c1-4-9(2)15(3)11-6-5-10(8-14)12(13)7-11/h5-7,9H,4,8,14H2,1-3H3. The van der Waals surface area contributed by atoms with Crippen LogP contribution in [0.4, 0.5) is 5.69 Å². The third-order valence-corrected chi connectivity index (χ3v) is 3.27. The van der Waals surface area contributed by atoms with Crippen LogP contribution in [0.3, 0.4) is 0 Å². The van der Waals surface area contributed by atoms with Crippen molar-refractivity contribution in [3.63, 3.8) is 0 Å². The Hall–Kier alpha value is -0.730. The number of rotatable bonds is 4. The molecule has 0 aliphatic rings. The van der Waals surface area contributed by atoms with Crippen LogP contribution < -0.4 is 10.6 Å². The lowest BCUT2D eigenvalue weighted by Gasteiger charge is -2.26. The predicted octanol–water partition coefficient (Wildman–Crippen LogP) is 3.03. The summed E-state index contributed by atoms with van der Waals surface area (Å²) in [6.07, 6.45) is 1.12. The van der Waals surface area contributed by atoms with Crippen molar-refractivity contribution >= 4 is 17.3 Å². The van der Waals surface area contributed by atoms with Gasteiger partial charge < -0.3 is 10.6 Å². The molecule has 0 heterocycles. The third-order valence-electron chi connectivity index (χ3n) is 2.92. The first-order valence-corrected chi connectivity index (χ1v) is 5.69. The molecule has 2 nitrogen and oxygen atoms in total. The second-order valence-electron chi connectivity index (χ2n) is 3.85. The first kappa shape index (κ1) is 12.3. The summed E-state index contributed by atoms with van der Waals surface area (Å²) in [7, 11) is 2.09. The van der Waals surface area contributed by atoms with Gasteiger partial charge >= 0.3 is 0 Å². The number of nitrogens with zero attached hydrogens (tertiary/aromatic N) is 1. The quantitative estimate of drug-likeness (QED) is 0.855. The van der Waals surface area contributed by atoms with Gasteiger partial charge in [0.25, 0.3) is 0 Å². The highest BCUT2D eigenvalue weighted by molar-refractivity contribution is 6.31. The fraction of sp³-hybridized carbons (Fsp3) is 0.500. The van der Waals surface area contributed by atoms with Crippen LogP contribution in [0.15, 0.2) is 18.2 Å². The minimum atomic E-state index is 0.492. The molecular formula is C12H19ClN2. The van der Waals surface area contributed by atoms with Crippen molar-refractivity contribution < 1.29 is 0 Å². The van der Waals surface area contributed by atoms with E-state index in [1.165, 1.54) is 0 Å². The molecule has 0 saturated carbocycles. The molecule has 0 spiro atoms. The number of hydrogen-bond acceptors (Lipinski definition) is 2. The summed E-state index contributed by atoms with van der Waals surface area (Å²) >= 11 is 6.11. The second kappa shape index (κ2) is 5.38. The Bertz CT molecular complexity index is 325. The van der Waals surface area contributed by atoms with E-state index in [1.54, 1.807) is 0 Å². The van der Waals surface area contributed by atoms with Crippen LogP contribution in [0, 0.1) is 0 Å². The van der Waals surface area contributed by atoms with Crippen molar-refractivity contribution in [3.05, 3.63) is 28.8 Å². The molecule has 1 aromatic rings. The molecule has 0 amide bonds. The van der Waals surface area contributed by atoms with Gasteiger partial charge in [-0.3, -0.25) is 0 Å². The van der Waals surface area contributed by atoms with E-state index in [0.29, 0.717) is 12.6 Å². The van der Waals surface area contributed by atoms with Gasteiger partial charge in [-0.2, -0.15) is 0 Å². The largest absolute Gasteiger partial charge is 0.372 e. The summed E-state index contributed by atoms with van der Waals surface area (Å²) in [5.41, 5.74) is 7.71. The van der Waals surface area contributed by atoms with Gasteiger partial charge in [0.15, 0.2) is 0 Å². The lowest BCUT2D eigenvalue weighted by molar-refractivity contribution is 0.664. The Morgan fingerprint density at radius 3 is 2.60 bits per heavy atom. The van der Waals surface area contributed by atoms with Crippen LogP contribution >= 0.6 is 11.6 Å². The fourth-order valence-electron chi connectivity index (χ4n) is 1.45. The molecule has 1 rings (SSSR count). The summed E-state index contributed by atoms with van der Waals surface area (Å²) in [4.78, 5) is 2.23. The van der Waals surface area contributed by atoms with Crippen LogP contribution in [0.1, 0.15) is 25.8 Å². The summed E-state index contributed by atoms with van der Waals surface area (Å²) in [5.74, 6) is 0. The maximum Gasteiger partial charge on any atom is 0.0471 e. The zero-order valence-electron chi connectivity index (χ0n) is 9.63. The Labute approximate surface area is 97.0 Å². The van der Waals surface area contributed by atoms with Gasteiger partial charge in [-0.25, -0.2) is 0 Å². The Kier molecular flexibility index (Phi) is 4.43. The van der Waals surface area contributed by atoms with Crippen molar-refractivity contribution in [2.45, 2.75) is 32.9 Å². The molecule has 0 aliphatic carbocycles. The lowest BCUT2D eigenvalue weighted by Crippen LogP contribution is -2.27. The normalized spacial score (nSPS) is 12.6. The third kappa shape index (κ3) is 2.86. The van der Waals surface area contributed by atoms with Crippen molar-refractivity contribution in [3.8, 4) is 0 Å². The van der Waals surface area contributed by atoms with Gasteiger partial charge in [0.05, 0.1) is 0 Å². The van der Waals surface area contributed by atoms with Gasteiger partial charge in [-0.1, -0.05) is 24.6 Å². The van der Waals surface area contributed by atoms with Crippen molar-refractivity contribution in [2.75, 3.05) is 11.9 Å². The van der Waals surface area contributed by atoms with Crippen molar-refractivity contribution in [1.82, 2.24) is 0 Å². The topological polar surface area (TPSA) is 29.3 Å². The Morgan fingerprint density at radius 1 is 1.47 bits per heavy atom. The highest BCUT2D eigenvalue weighted by atomic mass is 35.5. The summed E-state index contributed by atoms with van der Waals surface area (Å²) in [5, 5.41) is 0.755. The molecule has 0 bridgehead atoms. The first-order chi connectivity index (χ1) is 7.10. The molecule has 1 atom stereocenters. The van der Waals surface area contributed by atoms with Gasteiger partial charge in [-0.05, 0) is 31.0 Å². The van der Waals surface area contributed by atoms with Crippen LogP contribution in [0.25, 0.3) is 0 Å². The smallest absolute Gasteiger partial charge is 0.0471 e. The molecule has 1 aromatic carbocycles. The highest BCUT2D eigenvalue weighted by Gasteiger charge is 2.09. The molecule has 3 heteroatoms. The summed E-state index contributed by atoms with van der Waals surface area (Å²) in [6.45, 7) is 4.87. The van der Waals surface area contributed by atoms with E-state index in [0.717, 1.165) is 22.7 Å². The van der Waals surface area contributed by atoms with E-state index in [1.807, 2.05) is 12.1 Å². The molecule has 0 fully saturated rings. The molecule has 0 saturated heterocycles. The van der Waals surface area contributed by atoms with Crippen LogP contribution in [-0.2, 0) is 6.54 Å². The van der Waals surface area contributed by atoms with E-state index in [9.17, 15) is 0 Å². The predicted molar refractivity (Wildman–Crippen MR) is 67.5 cm³/mol. The monoisotopic (exact) mass is 226 g/mol. The van der Waals surface area contributed by atoms with Gasteiger partial charge in [0.1, 0.15) is 0 Å². The molecular weight excluding hydrogens is 208 g/mol.